The molecule has 0 fully saturated rings. The normalized spacial score (nSPS) is 11.1. The van der Waals surface area contributed by atoms with Crippen molar-refractivity contribution < 1.29 is 29.0 Å². The van der Waals surface area contributed by atoms with Crippen molar-refractivity contribution in [2.75, 3.05) is 6.61 Å². The van der Waals surface area contributed by atoms with E-state index < -0.39 is 10.3 Å². The molecule has 0 aromatic carbocycles. The highest BCUT2D eigenvalue weighted by atomic mass is 35.5. The molecule has 0 aliphatic heterocycles. The summed E-state index contributed by atoms with van der Waals surface area (Å²) in [5, 5.41) is 0. The summed E-state index contributed by atoms with van der Waals surface area (Å²) in [5.74, 6) is 0. The van der Waals surface area contributed by atoms with E-state index in [-0.39, 0.29) is 19.0 Å². The van der Waals surface area contributed by atoms with Crippen LogP contribution in [-0.4, -0.2) is 19.6 Å². The van der Waals surface area contributed by atoms with E-state index in [1.165, 1.54) is 12.5 Å². The number of aryl methyl sites for hydroxylation is 1. The molecule has 0 amide bonds. The van der Waals surface area contributed by atoms with Crippen LogP contribution in [-0.2, 0) is 21.5 Å². The van der Waals surface area contributed by atoms with Gasteiger partial charge in [0.15, 0.2) is 0 Å². The molecule has 15 heavy (non-hydrogen) atoms. The SMILES string of the molecule is CCCCOS(=O)(=O)[n+]1ccn(C)c1.[Cl-]. The van der Waals surface area contributed by atoms with Crippen molar-refractivity contribution in [3.05, 3.63) is 18.7 Å². The van der Waals surface area contributed by atoms with Crippen molar-refractivity contribution in [3.8, 4) is 0 Å². The Balaban J connectivity index is 0.00000196. The van der Waals surface area contributed by atoms with Crippen molar-refractivity contribution in [3.63, 3.8) is 0 Å². The van der Waals surface area contributed by atoms with Gasteiger partial charge in [0, 0.05) is 0 Å². The maximum Gasteiger partial charge on any atom is 0.441 e. The van der Waals surface area contributed by atoms with Crippen molar-refractivity contribution in [1.82, 2.24) is 4.57 Å². The summed E-state index contributed by atoms with van der Waals surface area (Å²) in [6.07, 6.45) is 6.19. The van der Waals surface area contributed by atoms with Crippen molar-refractivity contribution in [2.45, 2.75) is 19.8 Å². The van der Waals surface area contributed by atoms with Gasteiger partial charge in [-0.1, -0.05) is 13.3 Å². The Labute approximate surface area is 96.3 Å². The molecule has 0 radical (unpaired) electrons. The van der Waals surface area contributed by atoms with E-state index in [9.17, 15) is 8.42 Å². The Morgan fingerprint density at radius 1 is 1.47 bits per heavy atom. The summed E-state index contributed by atoms with van der Waals surface area (Å²) in [4.78, 5) is 0. The smallest absolute Gasteiger partial charge is 0.441 e. The lowest BCUT2D eigenvalue weighted by atomic mass is 10.4. The fourth-order valence-corrected chi connectivity index (χ4v) is 1.85. The van der Waals surface area contributed by atoms with Crippen molar-refractivity contribution in [2.24, 2.45) is 7.05 Å². The first kappa shape index (κ1) is 14.4. The average molecular weight is 255 g/mol. The Morgan fingerprint density at radius 3 is 2.60 bits per heavy atom. The van der Waals surface area contributed by atoms with Gasteiger partial charge in [-0.2, -0.15) is 8.42 Å². The summed E-state index contributed by atoms with van der Waals surface area (Å²) in [5.41, 5.74) is 0. The highest BCUT2D eigenvalue weighted by Crippen LogP contribution is 1.93. The third-order valence-corrected chi connectivity index (χ3v) is 2.93. The first-order valence-electron chi connectivity index (χ1n) is 4.49. The Kier molecular flexibility index (Phi) is 5.85. The molecule has 5 nitrogen and oxygen atoms in total. The van der Waals surface area contributed by atoms with Crippen LogP contribution in [0.15, 0.2) is 18.7 Å². The summed E-state index contributed by atoms with van der Waals surface area (Å²) >= 11 is 0. The quantitative estimate of drug-likeness (QED) is 0.422. The third kappa shape index (κ3) is 4.19. The van der Waals surface area contributed by atoms with Gasteiger partial charge in [0.05, 0.1) is 13.7 Å². The molecule has 0 bridgehead atoms. The van der Waals surface area contributed by atoms with Crippen LogP contribution in [0.25, 0.3) is 0 Å². The Morgan fingerprint density at radius 2 is 2.13 bits per heavy atom. The fourth-order valence-electron chi connectivity index (χ4n) is 0.929. The molecule has 1 heterocycles. The lowest BCUT2D eigenvalue weighted by molar-refractivity contribution is -0.519. The van der Waals surface area contributed by atoms with Gasteiger partial charge in [0.25, 0.3) is 6.33 Å². The van der Waals surface area contributed by atoms with Gasteiger partial charge in [0.1, 0.15) is 12.4 Å². The monoisotopic (exact) mass is 254 g/mol. The molecule has 0 N–H and O–H groups in total. The highest BCUT2D eigenvalue weighted by Gasteiger charge is 2.19. The molecule has 0 aliphatic rings. The molecular formula is C8H15ClN2O3S. The number of aromatic nitrogens is 2. The van der Waals surface area contributed by atoms with Gasteiger partial charge in [-0.3, -0.25) is 0 Å². The predicted octanol–water partition coefficient (Wildman–Crippen LogP) is -2.77. The standard InChI is InChI=1S/C8H15N2O3S.ClH/c1-3-4-7-13-14(11,12)10-6-5-9(2)8-10;/h5-6,8H,3-4,7H2,1-2H3;1H/q+1;/p-1. The minimum absolute atomic E-state index is 0. The first-order chi connectivity index (χ1) is 6.56. The molecule has 0 atom stereocenters. The molecule has 1 aromatic heterocycles. The van der Waals surface area contributed by atoms with Gasteiger partial charge in [-0.25, -0.2) is 8.75 Å². The summed E-state index contributed by atoms with van der Waals surface area (Å²) in [6.45, 7) is 2.21. The molecule has 1 aromatic rings. The van der Waals surface area contributed by atoms with Gasteiger partial charge in [-0.15, -0.1) is 3.97 Å². The lowest BCUT2D eigenvalue weighted by Gasteiger charge is -1.99. The second kappa shape index (κ2) is 6.09. The predicted molar refractivity (Wildman–Crippen MR) is 50.8 cm³/mol. The summed E-state index contributed by atoms with van der Waals surface area (Å²) < 4.78 is 30.4. The van der Waals surface area contributed by atoms with Gasteiger partial charge < -0.3 is 12.4 Å². The van der Waals surface area contributed by atoms with Crippen LogP contribution in [0.5, 0.6) is 0 Å². The van der Waals surface area contributed by atoms with Crippen LogP contribution in [0, 0.1) is 0 Å². The van der Waals surface area contributed by atoms with Crippen LogP contribution in [0.4, 0.5) is 0 Å². The Hall–Kier alpha value is -0.590. The molecule has 7 heteroatoms. The van der Waals surface area contributed by atoms with Crippen LogP contribution in [0.3, 0.4) is 0 Å². The summed E-state index contributed by atoms with van der Waals surface area (Å²) in [6, 6.07) is 0. The third-order valence-electron chi connectivity index (χ3n) is 1.73. The molecular weight excluding hydrogens is 240 g/mol. The number of unbranched alkanes of at least 4 members (excludes halogenated alkanes) is 1. The first-order valence-corrected chi connectivity index (χ1v) is 5.86. The number of halogens is 1. The zero-order valence-electron chi connectivity index (χ0n) is 8.76. The van der Waals surface area contributed by atoms with Crippen LogP contribution < -0.4 is 16.4 Å². The van der Waals surface area contributed by atoms with Gasteiger partial charge in [0.2, 0.25) is 0 Å². The molecule has 88 valence electrons. The molecule has 0 aliphatic carbocycles. The van der Waals surface area contributed by atoms with E-state index in [0.717, 1.165) is 16.8 Å². The van der Waals surface area contributed by atoms with Crippen LogP contribution >= 0.6 is 0 Å². The molecule has 0 spiro atoms. The van der Waals surface area contributed by atoms with E-state index in [2.05, 4.69) is 0 Å². The topological polar surface area (TPSA) is 52.2 Å². The zero-order valence-corrected chi connectivity index (χ0v) is 10.3. The lowest BCUT2D eigenvalue weighted by Crippen LogP contribution is -3.00. The number of hydrogen-bond donors (Lipinski definition) is 0. The van der Waals surface area contributed by atoms with E-state index in [1.807, 2.05) is 6.92 Å². The summed E-state index contributed by atoms with van der Waals surface area (Å²) in [7, 11) is -1.87. The number of rotatable bonds is 5. The minimum atomic E-state index is -3.62. The number of hydrogen-bond acceptors (Lipinski definition) is 3. The van der Waals surface area contributed by atoms with E-state index >= 15 is 0 Å². The minimum Gasteiger partial charge on any atom is -1.00 e. The maximum absolute atomic E-state index is 11.4. The van der Waals surface area contributed by atoms with Crippen molar-refractivity contribution in [1.29, 1.82) is 0 Å². The molecule has 0 saturated carbocycles. The molecule has 1 rings (SSSR count). The Bertz CT molecular complexity index is 388. The van der Waals surface area contributed by atoms with Crippen LogP contribution in [0.2, 0.25) is 0 Å². The average Bonchev–Trinajstić information content (AvgIpc) is 2.53. The highest BCUT2D eigenvalue weighted by molar-refractivity contribution is 7.80. The second-order valence-corrected chi connectivity index (χ2v) is 4.56. The second-order valence-electron chi connectivity index (χ2n) is 3.04. The van der Waals surface area contributed by atoms with Gasteiger partial charge in [-0.05, 0) is 6.42 Å². The maximum atomic E-state index is 11.4. The largest absolute Gasteiger partial charge is 1.00 e. The number of imidazole rings is 1. The van der Waals surface area contributed by atoms with E-state index in [1.54, 1.807) is 17.8 Å². The van der Waals surface area contributed by atoms with Crippen LogP contribution in [0.1, 0.15) is 19.8 Å². The fraction of sp³-hybridized carbons (Fsp3) is 0.625. The molecule has 0 unspecified atom stereocenters. The number of nitrogens with zero attached hydrogens (tertiary/aromatic N) is 2. The van der Waals surface area contributed by atoms with E-state index in [0.29, 0.717) is 0 Å². The molecule has 0 saturated heterocycles. The zero-order chi connectivity index (χ0) is 10.6. The van der Waals surface area contributed by atoms with Gasteiger partial charge >= 0.3 is 10.3 Å². The van der Waals surface area contributed by atoms with Crippen molar-refractivity contribution >= 4 is 10.3 Å². The van der Waals surface area contributed by atoms with E-state index in [4.69, 9.17) is 4.18 Å².